The summed E-state index contributed by atoms with van der Waals surface area (Å²) in [6.07, 6.45) is -2.88. The van der Waals surface area contributed by atoms with Crippen LogP contribution in [0.1, 0.15) is 18.1 Å². The van der Waals surface area contributed by atoms with E-state index in [0.717, 1.165) is 11.1 Å². The SMILES string of the molecule is CO[C@@H]1O[C@@H](C)[C@H](O)[C@H]2OC(c3ccccc3)(c3ccccc3)O[C@@H]12. The number of fused-ring (bicyclic) bond motifs is 1. The Balaban J connectivity index is 1.81. The van der Waals surface area contributed by atoms with Crippen molar-refractivity contribution in [3.05, 3.63) is 71.8 Å². The average molecular weight is 342 g/mol. The Morgan fingerprint density at radius 1 is 0.880 bits per heavy atom. The smallest absolute Gasteiger partial charge is 0.223 e. The first-order chi connectivity index (χ1) is 12.2. The summed E-state index contributed by atoms with van der Waals surface area (Å²) < 4.78 is 24.0. The molecule has 132 valence electrons. The third-order valence-electron chi connectivity index (χ3n) is 4.90. The van der Waals surface area contributed by atoms with Crippen LogP contribution in [0.5, 0.6) is 0 Å². The molecule has 5 atom stereocenters. The van der Waals surface area contributed by atoms with Gasteiger partial charge in [-0.3, -0.25) is 0 Å². The van der Waals surface area contributed by atoms with Gasteiger partial charge in [-0.1, -0.05) is 60.7 Å². The van der Waals surface area contributed by atoms with E-state index in [1.165, 1.54) is 0 Å². The van der Waals surface area contributed by atoms with E-state index in [-0.39, 0.29) is 0 Å². The molecule has 0 aromatic heterocycles. The topological polar surface area (TPSA) is 57.2 Å². The molecule has 1 N–H and O–H groups in total. The van der Waals surface area contributed by atoms with E-state index in [4.69, 9.17) is 18.9 Å². The average Bonchev–Trinajstić information content (AvgIpc) is 3.08. The molecule has 5 nitrogen and oxygen atoms in total. The second-order valence-corrected chi connectivity index (χ2v) is 6.45. The Morgan fingerprint density at radius 2 is 1.40 bits per heavy atom. The first kappa shape index (κ1) is 16.7. The normalized spacial score (nSPS) is 33.8. The van der Waals surface area contributed by atoms with Gasteiger partial charge in [0.15, 0.2) is 6.29 Å². The highest BCUT2D eigenvalue weighted by Gasteiger charge is 2.58. The van der Waals surface area contributed by atoms with Crippen molar-refractivity contribution in [3.63, 3.8) is 0 Å². The van der Waals surface area contributed by atoms with Crippen molar-refractivity contribution in [2.75, 3.05) is 7.11 Å². The lowest BCUT2D eigenvalue weighted by Gasteiger charge is -2.37. The van der Waals surface area contributed by atoms with Crippen LogP contribution in [-0.2, 0) is 24.7 Å². The van der Waals surface area contributed by atoms with Gasteiger partial charge in [-0.25, -0.2) is 0 Å². The summed E-state index contributed by atoms with van der Waals surface area (Å²) in [5.74, 6) is -1.11. The number of benzene rings is 2. The molecule has 25 heavy (non-hydrogen) atoms. The fraction of sp³-hybridized carbons (Fsp3) is 0.400. The van der Waals surface area contributed by atoms with Crippen molar-refractivity contribution in [2.45, 2.75) is 43.4 Å². The van der Waals surface area contributed by atoms with E-state index >= 15 is 0 Å². The van der Waals surface area contributed by atoms with Gasteiger partial charge in [-0.15, -0.1) is 0 Å². The highest BCUT2D eigenvalue weighted by atomic mass is 16.8. The molecular formula is C20H22O5. The van der Waals surface area contributed by atoms with Gasteiger partial charge < -0.3 is 24.1 Å². The second kappa shape index (κ2) is 6.52. The summed E-state index contributed by atoms with van der Waals surface area (Å²) in [4.78, 5) is 0. The minimum Gasteiger partial charge on any atom is -0.388 e. The molecule has 0 saturated carbocycles. The Kier molecular flexibility index (Phi) is 4.35. The molecule has 0 amide bonds. The maximum absolute atomic E-state index is 10.6. The summed E-state index contributed by atoms with van der Waals surface area (Å²) in [6, 6.07) is 19.5. The zero-order valence-corrected chi connectivity index (χ0v) is 14.2. The van der Waals surface area contributed by atoms with E-state index in [1.807, 2.05) is 60.7 Å². The molecule has 5 heteroatoms. The number of aliphatic hydroxyl groups excluding tert-OH is 1. The molecule has 2 aliphatic heterocycles. The maximum Gasteiger partial charge on any atom is 0.223 e. The summed E-state index contributed by atoms with van der Waals surface area (Å²) in [5.41, 5.74) is 1.73. The van der Waals surface area contributed by atoms with Gasteiger partial charge in [0.25, 0.3) is 0 Å². The van der Waals surface area contributed by atoms with Gasteiger partial charge in [0.2, 0.25) is 5.79 Å². The fourth-order valence-corrected chi connectivity index (χ4v) is 3.60. The zero-order valence-electron chi connectivity index (χ0n) is 14.2. The molecule has 2 saturated heterocycles. The highest BCUT2D eigenvalue weighted by molar-refractivity contribution is 5.35. The zero-order chi connectivity index (χ0) is 17.4. The lowest BCUT2D eigenvalue weighted by Crippen LogP contribution is -2.55. The predicted molar refractivity (Wildman–Crippen MR) is 90.8 cm³/mol. The molecule has 2 heterocycles. The third-order valence-corrected chi connectivity index (χ3v) is 4.90. The van der Waals surface area contributed by atoms with E-state index in [9.17, 15) is 5.11 Å². The van der Waals surface area contributed by atoms with Crippen molar-refractivity contribution in [2.24, 2.45) is 0 Å². The van der Waals surface area contributed by atoms with Gasteiger partial charge >= 0.3 is 0 Å². The number of ether oxygens (including phenoxy) is 4. The number of hydrogen-bond acceptors (Lipinski definition) is 5. The van der Waals surface area contributed by atoms with Crippen LogP contribution in [0, 0.1) is 0 Å². The standard InChI is InChI=1S/C20H22O5/c1-13-16(21)17-18(19(22-2)23-13)25-20(24-17,14-9-5-3-6-10-14)15-11-7-4-8-12-15/h3-13,16-19,21H,1-2H3/t13-,16-,17+,18+,19+/m0/s1. The lowest BCUT2D eigenvalue weighted by atomic mass is 9.97. The van der Waals surface area contributed by atoms with Crippen LogP contribution in [0.25, 0.3) is 0 Å². The Labute approximate surface area is 147 Å². The van der Waals surface area contributed by atoms with Crippen molar-refractivity contribution < 1.29 is 24.1 Å². The first-order valence-electron chi connectivity index (χ1n) is 8.49. The largest absolute Gasteiger partial charge is 0.388 e. The Hall–Kier alpha value is -1.76. The van der Waals surface area contributed by atoms with Crippen molar-refractivity contribution in [1.82, 2.24) is 0 Å². The molecule has 0 radical (unpaired) electrons. The van der Waals surface area contributed by atoms with Crippen molar-refractivity contribution >= 4 is 0 Å². The van der Waals surface area contributed by atoms with Gasteiger partial charge in [-0.2, -0.15) is 0 Å². The number of aliphatic hydroxyl groups is 1. The van der Waals surface area contributed by atoms with Crippen LogP contribution in [0.15, 0.2) is 60.7 Å². The predicted octanol–water partition coefficient (Wildman–Crippen LogP) is 2.42. The van der Waals surface area contributed by atoms with E-state index in [0.29, 0.717) is 0 Å². The second-order valence-electron chi connectivity index (χ2n) is 6.45. The molecule has 2 aromatic rings. The Bertz CT molecular complexity index is 657. The number of hydrogen-bond donors (Lipinski definition) is 1. The molecule has 2 aliphatic rings. The minimum absolute atomic E-state index is 0.405. The lowest BCUT2D eigenvalue weighted by molar-refractivity contribution is -0.262. The van der Waals surface area contributed by atoms with Crippen LogP contribution in [-0.4, -0.2) is 42.9 Å². The highest BCUT2D eigenvalue weighted by Crippen LogP contribution is 2.47. The van der Waals surface area contributed by atoms with Crippen molar-refractivity contribution in [3.8, 4) is 0 Å². The molecule has 0 bridgehead atoms. The molecule has 4 rings (SSSR count). The molecular weight excluding hydrogens is 320 g/mol. The summed E-state index contributed by atoms with van der Waals surface area (Å²) >= 11 is 0. The number of methoxy groups -OCH3 is 1. The van der Waals surface area contributed by atoms with Crippen LogP contribution in [0.2, 0.25) is 0 Å². The van der Waals surface area contributed by atoms with Gasteiger partial charge in [0.1, 0.15) is 18.3 Å². The quantitative estimate of drug-likeness (QED) is 0.928. The van der Waals surface area contributed by atoms with Crippen LogP contribution in [0.3, 0.4) is 0 Å². The minimum atomic E-state index is -1.11. The Morgan fingerprint density at radius 3 is 1.92 bits per heavy atom. The van der Waals surface area contributed by atoms with Gasteiger partial charge in [-0.05, 0) is 6.92 Å². The molecule has 0 unspecified atom stereocenters. The summed E-state index contributed by atoms with van der Waals surface area (Å²) in [7, 11) is 1.57. The summed E-state index contributed by atoms with van der Waals surface area (Å²) in [5, 5.41) is 10.6. The fourth-order valence-electron chi connectivity index (χ4n) is 3.60. The van der Waals surface area contributed by atoms with Crippen LogP contribution in [0.4, 0.5) is 0 Å². The monoisotopic (exact) mass is 342 g/mol. The number of rotatable bonds is 3. The van der Waals surface area contributed by atoms with Gasteiger partial charge in [0.05, 0.1) is 6.10 Å². The third kappa shape index (κ3) is 2.69. The van der Waals surface area contributed by atoms with Gasteiger partial charge in [0, 0.05) is 18.2 Å². The molecule has 0 aliphatic carbocycles. The van der Waals surface area contributed by atoms with E-state index in [2.05, 4.69) is 0 Å². The van der Waals surface area contributed by atoms with Crippen LogP contribution < -0.4 is 0 Å². The van der Waals surface area contributed by atoms with E-state index < -0.39 is 36.5 Å². The maximum atomic E-state index is 10.6. The molecule has 2 aromatic carbocycles. The molecule has 0 spiro atoms. The summed E-state index contributed by atoms with van der Waals surface area (Å²) in [6.45, 7) is 1.81. The first-order valence-corrected chi connectivity index (χ1v) is 8.49. The van der Waals surface area contributed by atoms with Crippen molar-refractivity contribution in [1.29, 1.82) is 0 Å². The molecule has 2 fully saturated rings. The van der Waals surface area contributed by atoms with Crippen LogP contribution >= 0.6 is 0 Å². The van der Waals surface area contributed by atoms with E-state index in [1.54, 1.807) is 14.0 Å².